The number of rotatable bonds is 5. The van der Waals surface area contributed by atoms with E-state index >= 15 is 0 Å². The number of hydrogen-bond acceptors (Lipinski definition) is 5. The smallest absolute Gasteiger partial charge is 0.317 e. The molecule has 0 aliphatic carbocycles. The Hall–Kier alpha value is -2.28. The summed E-state index contributed by atoms with van der Waals surface area (Å²) >= 11 is 1.47. The molecule has 0 radical (unpaired) electrons. The summed E-state index contributed by atoms with van der Waals surface area (Å²) in [5.74, 6) is 0.549. The number of amides is 1. The predicted molar refractivity (Wildman–Crippen MR) is 91.8 cm³/mol. The van der Waals surface area contributed by atoms with E-state index in [2.05, 4.69) is 16.5 Å². The lowest BCUT2D eigenvalue weighted by Gasteiger charge is -2.12. The number of ether oxygens (including phenoxy) is 3. The van der Waals surface area contributed by atoms with E-state index in [-0.39, 0.29) is 5.76 Å². The molecule has 2 aromatic rings. The fourth-order valence-corrected chi connectivity index (χ4v) is 3.54. The number of thiazole rings is 1. The van der Waals surface area contributed by atoms with Crippen molar-refractivity contribution in [2.24, 2.45) is 4.99 Å². The first-order chi connectivity index (χ1) is 11.7. The molecule has 6 nitrogen and oxygen atoms in total. The van der Waals surface area contributed by atoms with Crippen molar-refractivity contribution in [2.45, 2.75) is 26.8 Å². The van der Waals surface area contributed by atoms with E-state index in [0.29, 0.717) is 24.6 Å². The van der Waals surface area contributed by atoms with Crippen molar-refractivity contribution in [3.63, 3.8) is 0 Å². The number of aromatic nitrogens is 1. The largest absolute Gasteiger partial charge is 0.494 e. The zero-order valence-electron chi connectivity index (χ0n) is 13.8. The molecule has 24 heavy (non-hydrogen) atoms. The Bertz CT molecular complexity index is 835. The number of hydrogen-bond donors (Lipinski definition) is 0. The highest BCUT2D eigenvalue weighted by atomic mass is 32.1. The predicted octanol–water partition coefficient (Wildman–Crippen LogP) is 2.83. The minimum atomic E-state index is -0.420. The summed E-state index contributed by atoms with van der Waals surface area (Å²) in [6.07, 6.45) is 2.28. The Morgan fingerprint density at radius 2 is 2.25 bits per heavy atom. The monoisotopic (exact) mass is 348 g/mol. The molecule has 128 valence electrons. The molecule has 0 N–H and O–H groups in total. The molecule has 1 aliphatic heterocycles. The van der Waals surface area contributed by atoms with E-state index < -0.39 is 5.91 Å². The molecule has 0 bridgehead atoms. The average molecular weight is 348 g/mol. The van der Waals surface area contributed by atoms with Crippen molar-refractivity contribution >= 4 is 27.5 Å². The van der Waals surface area contributed by atoms with Crippen LogP contribution in [0.25, 0.3) is 10.2 Å². The summed E-state index contributed by atoms with van der Waals surface area (Å²) in [6.45, 7) is 6.28. The van der Waals surface area contributed by atoms with Crippen LogP contribution in [0.3, 0.4) is 0 Å². The number of carbonyl (C=O) groups excluding carboxylic acids is 1. The zero-order valence-corrected chi connectivity index (χ0v) is 14.6. The Labute approximate surface area is 144 Å². The number of carbonyl (C=O) groups is 1. The van der Waals surface area contributed by atoms with Crippen molar-refractivity contribution < 1.29 is 19.0 Å². The fraction of sp³-hybridized carbons (Fsp3) is 0.412. The highest BCUT2D eigenvalue weighted by Crippen LogP contribution is 2.23. The molecule has 2 heterocycles. The quantitative estimate of drug-likeness (QED) is 0.834. The third-order valence-electron chi connectivity index (χ3n) is 3.47. The highest BCUT2D eigenvalue weighted by Gasteiger charge is 2.15. The van der Waals surface area contributed by atoms with Crippen molar-refractivity contribution in [3.05, 3.63) is 35.0 Å². The molecule has 0 atom stereocenters. The molecule has 0 fully saturated rings. The van der Waals surface area contributed by atoms with Gasteiger partial charge in [-0.25, -0.2) is 0 Å². The Morgan fingerprint density at radius 3 is 2.96 bits per heavy atom. The van der Waals surface area contributed by atoms with Crippen LogP contribution in [0.1, 0.15) is 20.3 Å². The van der Waals surface area contributed by atoms with Gasteiger partial charge in [-0.3, -0.25) is 4.79 Å². The summed E-state index contributed by atoms with van der Waals surface area (Å²) in [6, 6.07) is 5.94. The molecule has 0 spiro atoms. The first-order valence-corrected chi connectivity index (χ1v) is 8.84. The summed E-state index contributed by atoms with van der Waals surface area (Å²) in [5, 5.41) is 0. The van der Waals surface area contributed by atoms with Crippen molar-refractivity contribution in [1.29, 1.82) is 0 Å². The molecule has 1 amide bonds. The second-order valence-electron chi connectivity index (χ2n) is 5.22. The van der Waals surface area contributed by atoms with Crippen molar-refractivity contribution in [3.8, 4) is 5.75 Å². The van der Waals surface area contributed by atoms with Gasteiger partial charge >= 0.3 is 5.91 Å². The van der Waals surface area contributed by atoms with E-state index in [1.165, 1.54) is 17.6 Å². The van der Waals surface area contributed by atoms with Crippen LogP contribution in [0.5, 0.6) is 5.75 Å². The number of benzene rings is 1. The SMILES string of the molecule is CCCn1c(=NC(=O)C2=COCCO2)sc2cc(OCC)ccc21. The third-order valence-corrected chi connectivity index (χ3v) is 4.51. The summed E-state index contributed by atoms with van der Waals surface area (Å²) in [5.41, 5.74) is 1.05. The maximum absolute atomic E-state index is 12.3. The lowest BCUT2D eigenvalue weighted by Crippen LogP contribution is -2.20. The van der Waals surface area contributed by atoms with Gasteiger partial charge in [-0.2, -0.15) is 4.99 Å². The summed E-state index contributed by atoms with van der Waals surface area (Å²) in [7, 11) is 0. The van der Waals surface area contributed by atoms with Crippen molar-refractivity contribution in [1.82, 2.24) is 4.57 Å². The second kappa shape index (κ2) is 7.53. The molecule has 0 saturated carbocycles. The molecule has 7 heteroatoms. The van der Waals surface area contributed by atoms with Crippen LogP contribution in [0.4, 0.5) is 0 Å². The lowest BCUT2D eigenvalue weighted by molar-refractivity contribution is -0.119. The van der Waals surface area contributed by atoms with Crippen LogP contribution >= 0.6 is 11.3 Å². The van der Waals surface area contributed by atoms with Crippen LogP contribution in [0.15, 0.2) is 35.2 Å². The van der Waals surface area contributed by atoms with E-state index in [0.717, 1.165) is 28.9 Å². The minimum absolute atomic E-state index is 0.150. The third kappa shape index (κ3) is 3.46. The highest BCUT2D eigenvalue weighted by molar-refractivity contribution is 7.16. The Balaban J connectivity index is 2.04. The number of nitrogens with zero attached hydrogens (tertiary/aromatic N) is 2. The second-order valence-corrected chi connectivity index (χ2v) is 6.23. The van der Waals surface area contributed by atoms with Crippen LogP contribution in [-0.2, 0) is 20.8 Å². The molecule has 1 aliphatic rings. The van der Waals surface area contributed by atoms with E-state index in [1.54, 1.807) is 0 Å². The fourth-order valence-electron chi connectivity index (χ4n) is 2.46. The van der Waals surface area contributed by atoms with Gasteiger partial charge in [0.15, 0.2) is 4.80 Å². The molecule has 1 aromatic heterocycles. The maximum Gasteiger partial charge on any atom is 0.317 e. The molecular formula is C17H20N2O4S. The van der Waals surface area contributed by atoms with Gasteiger partial charge in [-0.15, -0.1) is 0 Å². The molecule has 0 unspecified atom stereocenters. The number of aryl methyl sites for hydroxylation is 1. The van der Waals surface area contributed by atoms with Crippen LogP contribution < -0.4 is 9.54 Å². The van der Waals surface area contributed by atoms with Crippen LogP contribution in [-0.4, -0.2) is 30.3 Å². The van der Waals surface area contributed by atoms with Gasteiger partial charge in [0.25, 0.3) is 0 Å². The molecule has 3 rings (SSSR count). The van der Waals surface area contributed by atoms with E-state index in [4.69, 9.17) is 14.2 Å². The van der Waals surface area contributed by atoms with E-state index in [9.17, 15) is 4.79 Å². The molecule has 1 aromatic carbocycles. The summed E-state index contributed by atoms with van der Waals surface area (Å²) in [4.78, 5) is 17.2. The minimum Gasteiger partial charge on any atom is -0.494 e. The van der Waals surface area contributed by atoms with Crippen LogP contribution in [0.2, 0.25) is 0 Å². The summed E-state index contributed by atoms with van der Waals surface area (Å²) < 4.78 is 19.1. The van der Waals surface area contributed by atoms with Gasteiger partial charge in [-0.05, 0) is 31.5 Å². The van der Waals surface area contributed by atoms with Gasteiger partial charge in [0, 0.05) is 6.54 Å². The van der Waals surface area contributed by atoms with Gasteiger partial charge in [-0.1, -0.05) is 18.3 Å². The first kappa shape index (κ1) is 16.6. The zero-order chi connectivity index (χ0) is 16.9. The number of fused-ring (bicyclic) bond motifs is 1. The normalized spacial score (nSPS) is 14.9. The average Bonchev–Trinajstić information content (AvgIpc) is 2.93. The van der Waals surface area contributed by atoms with Crippen LogP contribution in [0, 0.1) is 0 Å². The standard InChI is InChI=1S/C17H20N2O4S/c1-3-7-19-13-6-5-12(22-4-2)10-15(13)24-17(19)18-16(20)14-11-21-8-9-23-14/h5-6,10-11H,3-4,7-9H2,1-2H3. The maximum atomic E-state index is 12.3. The van der Waals surface area contributed by atoms with Gasteiger partial charge in [0.2, 0.25) is 5.76 Å². The van der Waals surface area contributed by atoms with Crippen molar-refractivity contribution in [2.75, 3.05) is 19.8 Å². The topological polar surface area (TPSA) is 62.1 Å². The van der Waals surface area contributed by atoms with Gasteiger partial charge < -0.3 is 18.8 Å². The Kier molecular flexibility index (Phi) is 5.20. The molecule has 0 saturated heterocycles. The lowest BCUT2D eigenvalue weighted by atomic mass is 10.3. The van der Waals surface area contributed by atoms with Gasteiger partial charge in [0.05, 0.1) is 16.8 Å². The van der Waals surface area contributed by atoms with E-state index in [1.807, 2.05) is 25.1 Å². The Morgan fingerprint density at radius 1 is 1.38 bits per heavy atom. The first-order valence-electron chi connectivity index (χ1n) is 8.02. The van der Waals surface area contributed by atoms with Gasteiger partial charge in [0.1, 0.15) is 25.2 Å². The molecular weight excluding hydrogens is 328 g/mol.